The van der Waals surface area contributed by atoms with Gasteiger partial charge in [0.2, 0.25) is 0 Å². The predicted molar refractivity (Wildman–Crippen MR) is 69.8 cm³/mol. The molecule has 1 heterocycles. The number of anilines is 1. The maximum atomic E-state index is 13.1. The van der Waals surface area contributed by atoms with Crippen LogP contribution in [0.25, 0.3) is 0 Å². The van der Waals surface area contributed by atoms with E-state index in [1.165, 1.54) is 6.07 Å². The van der Waals surface area contributed by atoms with E-state index in [1.807, 2.05) is 13.8 Å². The maximum Gasteiger partial charge on any atom is 0.263 e. The number of hydrogen-bond donors (Lipinski definition) is 2. The largest absolute Gasteiger partial charge is 0.280 e. The molecule has 0 saturated carbocycles. The highest BCUT2D eigenvalue weighted by atomic mass is 32.2. The smallest absolute Gasteiger partial charge is 0.263 e. The van der Waals surface area contributed by atoms with Gasteiger partial charge in [-0.25, -0.2) is 21.6 Å². The molecule has 21 heavy (non-hydrogen) atoms. The SMILES string of the molecule is CC(C)c1cc(NS(=O)(=O)c2cc(F)c(F)c(F)c2)n[nH]1. The second-order valence-electron chi connectivity index (χ2n) is 4.67. The molecular formula is C12H12F3N3O2S. The molecular weight excluding hydrogens is 307 g/mol. The van der Waals surface area contributed by atoms with E-state index in [1.54, 1.807) is 0 Å². The Labute approximate surface area is 119 Å². The second-order valence-corrected chi connectivity index (χ2v) is 6.35. The second kappa shape index (κ2) is 5.40. The molecule has 2 aromatic rings. The molecule has 0 amide bonds. The normalized spacial score (nSPS) is 11.9. The van der Waals surface area contributed by atoms with Crippen LogP contribution in [0.5, 0.6) is 0 Å². The van der Waals surface area contributed by atoms with Crippen molar-refractivity contribution in [3.05, 3.63) is 41.3 Å². The lowest BCUT2D eigenvalue weighted by atomic mass is 10.1. The molecule has 0 aliphatic heterocycles. The third kappa shape index (κ3) is 3.18. The fourth-order valence-corrected chi connectivity index (χ4v) is 2.58. The fraction of sp³-hybridized carbons (Fsp3) is 0.250. The molecule has 2 N–H and O–H groups in total. The minimum absolute atomic E-state index is 0.0242. The molecule has 2 rings (SSSR count). The van der Waals surface area contributed by atoms with Gasteiger partial charge in [0.05, 0.1) is 4.90 Å². The summed E-state index contributed by atoms with van der Waals surface area (Å²) < 4.78 is 65.0. The standard InChI is InChI=1S/C12H12F3N3O2S/c1-6(2)10-5-11(17-16-10)18-21(19,20)7-3-8(13)12(15)9(14)4-7/h3-6H,1-2H3,(H2,16,17,18). The monoisotopic (exact) mass is 319 g/mol. The van der Waals surface area contributed by atoms with Crippen molar-refractivity contribution in [1.82, 2.24) is 10.2 Å². The van der Waals surface area contributed by atoms with Crippen molar-refractivity contribution in [3.8, 4) is 0 Å². The molecule has 0 aliphatic carbocycles. The van der Waals surface area contributed by atoms with Crippen LogP contribution in [0.4, 0.5) is 19.0 Å². The summed E-state index contributed by atoms with van der Waals surface area (Å²) in [6.07, 6.45) is 0. The van der Waals surface area contributed by atoms with Crippen molar-refractivity contribution >= 4 is 15.8 Å². The molecule has 0 bridgehead atoms. The predicted octanol–water partition coefficient (Wildman–Crippen LogP) is 2.75. The number of sulfonamides is 1. The number of aromatic nitrogens is 2. The van der Waals surface area contributed by atoms with Crippen molar-refractivity contribution in [3.63, 3.8) is 0 Å². The molecule has 0 radical (unpaired) electrons. The van der Waals surface area contributed by atoms with E-state index < -0.39 is 32.4 Å². The number of nitrogens with one attached hydrogen (secondary N) is 2. The van der Waals surface area contributed by atoms with Gasteiger partial charge in [-0.2, -0.15) is 5.10 Å². The van der Waals surface area contributed by atoms with Crippen LogP contribution in [0.15, 0.2) is 23.1 Å². The molecule has 0 aliphatic rings. The Balaban J connectivity index is 2.33. The summed E-state index contributed by atoms with van der Waals surface area (Å²) >= 11 is 0. The van der Waals surface area contributed by atoms with Crippen LogP contribution in [0.1, 0.15) is 25.5 Å². The topological polar surface area (TPSA) is 74.8 Å². The van der Waals surface area contributed by atoms with Crippen molar-refractivity contribution in [2.45, 2.75) is 24.7 Å². The van der Waals surface area contributed by atoms with Gasteiger partial charge in [-0.1, -0.05) is 13.8 Å². The minimum atomic E-state index is -4.27. The van der Waals surface area contributed by atoms with Crippen LogP contribution in [0, 0.1) is 17.5 Å². The van der Waals surface area contributed by atoms with E-state index in [-0.39, 0.29) is 11.7 Å². The summed E-state index contributed by atoms with van der Waals surface area (Å²) in [7, 11) is -4.27. The maximum absolute atomic E-state index is 13.1. The molecule has 114 valence electrons. The average molecular weight is 319 g/mol. The van der Waals surface area contributed by atoms with E-state index >= 15 is 0 Å². The van der Waals surface area contributed by atoms with Crippen LogP contribution >= 0.6 is 0 Å². The zero-order valence-corrected chi connectivity index (χ0v) is 11.9. The Morgan fingerprint density at radius 3 is 2.19 bits per heavy atom. The number of rotatable bonds is 4. The molecule has 1 aromatic heterocycles. The summed E-state index contributed by atoms with van der Waals surface area (Å²) in [6.45, 7) is 3.74. The molecule has 1 aromatic carbocycles. The van der Waals surface area contributed by atoms with Crippen molar-refractivity contribution in [2.75, 3.05) is 4.72 Å². The first-order chi connectivity index (χ1) is 9.70. The lowest BCUT2D eigenvalue weighted by Crippen LogP contribution is -2.14. The van der Waals surface area contributed by atoms with Crippen LogP contribution in [0.2, 0.25) is 0 Å². The third-order valence-electron chi connectivity index (χ3n) is 2.73. The molecule has 5 nitrogen and oxygen atoms in total. The zero-order valence-electron chi connectivity index (χ0n) is 11.1. The van der Waals surface area contributed by atoms with Crippen LogP contribution in [-0.4, -0.2) is 18.6 Å². The van der Waals surface area contributed by atoms with Crippen molar-refractivity contribution < 1.29 is 21.6 Å². The van der Waals surface area contributed by atoms with Crippen LogP contribution < -0.4 is 4.72 Å². The highest BCUT2D eigenvalue weighted by Gasteiger charge is 2.21. The lowest BCUT2D eigenvalue weighted by molar-refractivity contribution is 0.442. The van der Waals surface area contributed by atoms with Gasteiger partial charge in [0.25, 0.3) is 10.0 Å². The number of nitrogens with zero attached hydrogens (tertiary/aromatic N) is 1. The number of H-pyrrole nitrogens is 1. The van der Waals surface area contributed by atoms with Crippen LogP contribution in [0.3, 0.4) is 0 Å². The Morgan fingerprint density at radius 2 is 1.71 bits per heavy atom. The summed E-state index contributed by atoms with van der Waals surface area (Å²) in [5.74, 6) is -4.82. The van der Waals surface area contributed by atoms with Gasteiger partial charge in [-0.3, -0.25) is 9.82 Å². The van der Waals surface area contributed by atoms with Crippen LogP contribution in [-0.2, 0) is 10.0 Å². The van der Waals surface area contributed by atoms with E-state index in [4.69, 9.17) is 0 Å². The molecule has 9 heteroatoms. The van der Waals surface area contributed by atoms with E-state index in [9.17, 15) is 21.6 Å². The Hall–Kier alpha value is -2.03. The Morgan fingerprint density at radius 1 is 1.14 bits per heavy atom. The number of hydrogen-bond acceptors (Lipinski definition) is 3. The molecule has 0 fully saturated rings. The zero-order chi connectivity index (χ0) is 15.8. The number of benzene rings is 1. The average Bonchev–Trinajstić information content (AvgIpc) is 2.83. The van der Waals surface area contributed by atoms with Gasteiger partial charge in [-0.05, 0) is 18.1 Å². The summed E-state index contributed by atoms with van der Waals surface area (Å²) in [5.41, 5.74) is 0.684. The Kier molecular flexibility index (Phi) is 3.95. The highest BCUT2D eigenvalue weighted by Crippen LogP contribution is 2.21. The first-order valence-corrected chi connectivity index (χ1v) is 7.41. The summed E-state index contributed by atoms with van der Waals surface area (Å²) in [5, 5.41) is 6.36. The molecule has 0 atom stereocenters. The van der Waals surface area contributed by atoms with Gasteiger partial charge in [0.1, 0.15) is 0 Å². The van der Waals surface area contributed by atoms with Gasteiger partial charge < -0.3 is 0 Å². The molecule has 0 unspecified atom stereocenters. The first-order valence-electron chi connectivity index (χ1n) is 5.93. The van der Waals surface area contributed by atoms with E-state index in [0.717, 1.165) is 0 Å². The molecule has 0 spiro atoms. The van der Waals surface area contributed by atoms with Gasteiger partial charge in [0, 0.05) is 11.8 Å². The van der Waals surface area contributed by atoms with Gasteiger partial charge in [-0.15, -0.1) is 0 Å². The number of halogens is 3. The van der Waals surface area contributed by atoms with Gasteiger partial charge >= 0.3 is 0 Å². The summed E-state index contributed by atoms with van der Waals surface area (Å²) in [6, 6.07) is 2.26. The lowest BCUT2D eigenvalue weighted by Gasteiger charge is -2.06. The molecule has 0 saturated heterocycles. The van der Waals surface area contributed by atoms with Crippen molar-refractivity contribution in [1.29, 1.82) is 0 Å². The van der Waals surface area contributed by atoms with Crippen molar-refractivity contribution in [2.24, 2.45) is 0 Å². The van der Waals surface area contributed by atoms with E-state index in [0.29, 0.717) is 17.8 Å². The fourth-order valence-electron chi connectivity index (χ4n) is 1.57. The third-order valence-corrected chi connectivity index (χ3v) is 4.06. The quantitative estimate of drug-likeness (QED) is 0.851. The van der Waals surface area contributed by atoms with Gasteiger partial charge in [0.15, 0.2) is 23.3 Å². The minimum Gasteiger partial charge on any atom is -0.280 e. The Bertz CT molecular complexity index is 749. The summed E-state index contributed by atoms with van der Waals surface area (Å²) in [4.78, 5) is -0.729. The van der Waals surface area contributed by atoms with E-state index in [2.05, 4.69) is 14.9 Å². The first kappa shape index (κ1) is 15.4. The number of aromatic amines is 1. The highest BCUT2D eigenvalue weighted by molar-refractivity contribution is 7.92.